The molecule has 4 nitrogen and oxygen atoms in total. The van der Waals surface area contributed by atoms with Crippen molar-refractivity contribution in [1.29, 1.82) is 0 Å². The third kappa shape index (κ3) is 2.64. The van der Waals surface area contributed by atoms with Crippen molar-refractivity contribution in [3.63, 3.8) is 0 Å². The van der Waals surface area contributed by atoms with Gasteiger partial charge in [0.1, 0.15) is 11.9 Å². The molecular weight excluding hydrogens is 271 g/mol. The first-order valence-corrected chi connectivity index (χ1v) is 7.40. The molecule has 2 aliphatic heterocycles. The van der Waals surface area contributed by atoms with Crippen LogP contribution in [0.4, 0.5) is 4.39 Å². The number of halogens is 1. The van der Waals surface area contributed by atoms with E-state index < -0.39 is 6.04 Å². The van der Waals surface area contributed by atoms with Crippen molar-refractivity contribution in [3.05, 3.63) is 35.6 Å². The molecule has 2 amide bonds. The van der Waals surface area contributed by atoms with E-state index in [1.54, 1.807) is 23.1 Å². The summed E-state index contributed by atoms with van der Waals surface area (Å²) >= 11 is 0. The fraction of sp³-hybridized carbons (Fsp3) is 0.500. The maximum absolute atomic E-state index is 14.0. The molecule has 0 bridgehead atoms. The highest BCUT2D eigenvalue weighted by atomic mass is 19.1. The van der Waals surface area contributed by atoms with E-state index in [4.69, 9.17) is 0 Å². The summed E-state index contributed by atoms with van der Waals surface area (Å²) in [6.07, 6.45) is 1.68. The highest BCUT2D eigenvalue weighted by molar-refractivity contribution is 5.91. The highest BCUT2D eigenvalue weighted by Crippen LogP contribution is 2.37. The molecule has 0 spiro atoms. The molecule has 0 saturated carbocycles. The van der Waals surface area contributed by atoms with E-state index >= 15 is 0 Å². The SMILES string of the molecule is CC1CC(c2ccccc2F)N(C(=O)[C@H]2CCC(=O)N2)C1. The van der Waals surface area contributed by atoms with Crippen LogP contribution in [0.25, 0.3) is 0 Å². The fourth-order valence-electron chi connectivity index (χ4n) is 3.33. The zero-order valence-electron chi connectivity index (χ0n) is 12.0. The van der Waals surface area contributed by atoms with Gasteiger partial charge in [-0.25, -0.2) is 4.39 Å². The van der Waals surface area contributed by atoms with Gasteiger partial charge in [0.2, 0.25) is 11.8 Å². The quantitative estimate of drug-likeness (QED) is 0.906. The van der Waals surface area contributed by atoms with Crippen LogP contribution in [0.2, 0.25) is 0 Å². The first-order chi connectivity index (χ1) is 10.1. The van der Waals surface area contributed by atoms with Crippen LogP contribution in [0.3, 0.4) is 0 Å². The average molecular weight is 290 g/mol. The lowest BCUT2D eigenvalue weighted by molar-refractivity contribution is -0.135. The van der Waals surface area contributed by atoms with Crippen LogP contribution in [-0.4, -0.2) is 29.3 Å². The van der Waals surface area contributed by atoms with Crippen molar-refractivity contribution < 1.29 is 14.0 Å². The maximum Gasteiger partial charge on any atom is 0.245 e. The van der Waals surface area contributed by atoms with E-state index in [-0.39, 0.29) is 23.7 Å². The normalized spacial score (nSPS) is 28.8. The molecule has 2 aliphatic rings. The molecule has 2 unspecified atom stereocenters. The topological polar surface area (TPSA) is 49.4 Å². The molecule has 1 N–H and O–H groups in total. The Hall–Kier alpha value is -1.91. The third-order valence-corrected chi connectivity index (χ3v) is 4.35. The second-order valence-electron chi connectivity index (χ2n) is 6.03. The van der Waals surface area contributed by atoms with Crippen LogP contribution < -0.4 is 5.32 Å². The Morgan fingerprint density at radius 2 is 2.14 bits per heavy atom. The van der Waals surface area contributed by atoms with Gasteiger partial charge in [-0.3, -0.25) is 9.59 Å². The number of carbonyl (C=O) groups excluding carboxylic acids is 2. The minimum Gasteiger partial charge on any atom is -0.344 e. The summed E-state index contributed by atoms with van der Waals surface area (Å²) in [6, 6.07) is 5.94. The zero-order valence-corrected chi connectivity index (χ0v) is 12.0. The van der Waals surface area contributed by atoms with Crippen LogP contribution >= 0.6 is 0 Å². The molecule has 2 saturated heterocycles. The summed E-state index contributed by atoms with van der Waals surface area (Å²) in [5.74, 6) is -0.109. The zero-order chi connectivity index (χ0) is 15.0. The Bertz CT molecular complexity index is 575. The molecular formula is C16H19FN2O2. The van der Waals surface area contributed by atoms with E-state index in [1.807, 2.05) is 0 Å². The van der Waals surface area contributed by atoms with Crippen molar-refractivity contribution in [1.82, 2.24) is 10.2 Å². The monoisotopic (exact) mass is 290 g/mol. The molecule has 1 aromatic carbocycles. The lowest BCUT2D eigenvalue weighted by atomic mass is 10.00. The molecule has 0 aromatic heterocycles. The number of nitrogens with one attached hydrogen (secondary N) is 1. The Labute approximate surface area is 123 Å². The number of benzene rings is 1. The Morgan fingerprint density at radius 1 is 1.38 bits per heavy atom. The molecule has 3 atom stereocenters. The van der Waals surface area contributed by atoms with Gasteiger partial charge in [0.05, 0.1) is 6.04 Å². The standard InChI is InChI=1S/C16H19FN2O2/c1-10-8-14(11-4-2-3-5-12(11)17)19(9-10)16(21)13-6-7-15(20)18-13/h2-5,10,13-14H,6-9H2,1H3,(H,18,20)/t10?,13-,14?/m1/s1. The highest BCUT2D eigenvalue weighted by Gasteiger charge is 2.39. The van der Waals surface area contributed by atoms with Crippen molar-refractivity contribution in [2.75, 3.05) is 6.54 Å². The number of hydrogen-bond donors (Lipinski definition) is 1. The van der Waals surface area contributed by atoms with Gasteiger partial charge in [-0.2, -0.15) is 0 Å². The maximum atomic E-state index is 14.0. The van der Waals surface area contributed by atoms with Crippen LogP contribution in [0, 0.1) is 11.7 Å². The summed E-state index contributed by atoms with van der Waals surface area (Å²) in [7, 11) is 0. The third-order valence-electron chi connectivity index (χ3n) is 4.35. The van der Waals surface area contributed by atoms with Gasteiger partial charge in [-0.15, -0.1) is 0 Å². The first-order valence-electron chi connectivity index (χ1n) is 7.40. The second-order valence-corrected chi connectivity index (χ2v) is 6.03. The predicted molar refractivity (Wildman–Crippen MR) is 75.8 cm³/mol. The van der Waals surface area contributed by atoms with Crippen LogP contribution in [0.1, 0.15) is 37.8 Å². The summed E-state index contributed by atoms with van der Waals surface area (Å²) in [6.45, 7) is 2.68. The molecule has 21 heavy (non-hydrogen) atoms. The summed E-state index contributed by atoms with van der Waals surface area (Å²) in [4.78, 5) is 25.7. The number of carbonyl (C=O) groups is 2. The van der Waals surface area contributed by atoms with Crippen LogP contribution in [-0.2, 0) is 9.59 Å². The van der Waals surface area contributed by atoms with Gasteiger partial charge in [0.25, 0.3) is 0 Å². The molecule has 2 fully saturated rings. The van der Waals surface area contributed by atoms with Crippen LogP contribution in [0.15, 0.2) is 24.3 Å². The lowest BCUT2D eigenvalue weighted by Gasteiger charge is -2.27. The first kappa shape index (κ1) is 14.0. The van der Waals surface area contributed by atoms with Crippen molar-refractivity contribution >= 4 is 11.8 Å². The van der Waals surface area contributed by atoms with E-state index in [9.17, 15) is 14.0 Å². The minimum absolute atomic E-state index is 0.0805. The minimum atomic E-state index is -0.447. The molecule has 2 heterocycles. The predicted octanol–water partition coefficient (Wildman–Crippen LogP) is 2.01. The van der Waals surface area contributed by atoms with Gasteiger partial charge in [-0.05, 0) is 24.8 Å². The van der Waals surface area contributed by atoms with E-state index in [0.717, 1.165) is 6.42 Å². The summed E-state index contributed by atoms with van der Waals surface area (Å²) < 4.78 is 14.0. The fourth-order valence-corrected chi connectivity index (χ4v) is 3.33. The molecule has 112 valence electrons. The van der Waals surface area contributed by atoms with Crippen molar-refractivity contribution in [2.24, 2.45) is 5.92 Å². The molecule has 1 aromatic rings. The van der Waals surface area contributed by atoms with E-state index in [0.29, 0.717) is 30.9 Å². The van der Waals surface area contributed by atoms with Gasteiger partial charge < -0.3 is 10.2 Å². The Morgan fingerprint density at radius 3 is 2.81 bits per heavy atom. The van der Waals surface area contributed by atoms with Gasteiger partial charge in [-0.1, -0.05) is 25.1 Å². The Balaban J connectivity index is 1.84. The number of hydrogen-bond acceptors (Lipinski definition) is 2. The second kappa shape index (κ2) is 5.47. The van der Waals surface area contributed by atoms with E-state index in [2.05, 4.69) is 12.2 Å². The molecule has 5 heteroatoms. The number of rotatable bonds is 2. The summed E-state index contributed by atoms with van der Waals surface area (Å²) in [5.41, 5.74) is 0.569. The molecule has 0 radical (unpaired) electrons. The van der Waals surface area contributed by atoms with Gasteiger partial charge in [0.15, 0.2) is 0 Å². The van der Waals surface area contributed by atoms with Crippen molar-refractivity contribution in [2.45, 2.75) is 38.3 Å². The number of amides is 2. The lowest BCUT2D eigenvalue weighted by Crippen LogP contribution is -2.44. The summed E-state index contributed by atoms with van der Waals surface area (Å²) in [5, 5.41) is 2.71. The number of nitrogens with zero attached hydrogens (tertiary/aromatic N) is 1. The molecule has 0 aliphatic carbocycles. The smallest absolute Gasteiger partial charge is 0.245 e. The van der Waals surface area contributed by atoms with E-state index in [1.165, 1.54) is 6.07 Å². The Kier molecular flexibility index (Phi) is 3.66. The van der Waals surface area contributed by atoms with Crippen molar-refractivity contribution in [3.8, 4) is 0 Å². The van der Waals surface area contributed by atoms with Gasteiger partial charge in [0, 0.05) is 18.5 Å². The number of likely N-dealkylation sites (tertiary alicyclic amines) is 1. The average Bonchev–Trinajstić information content (AvgIpc) is 3.05. The largest absolute Gasteiger partial charge is 0.344 e. The van der Waals surface area contributed by atoms with Crippen LogP contribution in [0.5, 0.6) is 0 Å². The van der Waals surface area contributed by atoms with Gasteiger partial charge >= 0.3 is 0 Å². The molecule has 3 rings (SSSR count).